The molecule has 0 aliphatic heterocycles. The lowest BCUT2D eigenvalue weighted by Gasteiger charge is -2.20. The molecule has 0 atom stereocenters. The molecule has 6 nitrogen and oxygen atoms in total. The van der Waals surface area contributed by atoms with Crippen molar-refractivity contribution in [2.75, 3.05) is 0 Å². The third-order valence-electron chi connectivity index (χ3n) is 2.84. The monoisotopic (exact) mass is 286 g/mol. The zero-order valence-electron chi connectivity index (χ0n) is 12.0. The molecule has 2 aromatic rings. The lowest BCUT2D eigenvalue weighted by atomic mass is 9.86. The number of benzene rings is 1. The van der Waals surface area contributed by atoms with E-state index in [1.54, 1.807) is 39.0 Å². The first-order valence-corrected chi connectivity index (χ1v) is 6.38. The molecule has 0 saturated carbocycles. The minimum absolute atomic E-state index is 0.0399. The van der Waals surface area contributed by atoms with Crippen LogP contribution in [0.5, 0.6) is 0 Å². The molecular formula is C14H15BN2O4. The third kappa shape index (κ3) is 2.91. The number of ether oxygens (including phenoxy) is 1. The normalized spacial score (nSPS) is 11.2. The van der Waals surface area contributed by atoms with Crippen LogP contribution < -0.4 is 5.59 Å². The summed E-state index contributed by atoms with van der Waals surface area (Å²) in [5, 5.41) is 28.5. The zero-order valence-corrected chi connectivity index (χ0v) is 12.0. The summed E-state index contributed by atoms with van der Waals surface area (Å²) in [4.78, 5) is 12.3. The van der Waals surface area contributed by atoms with E-state index in [1.165, 1.54) is 6.07 Å². The van der Waals surface area contributed by atoms with E-state index in [1.807, 2.05) is 6.07 Å². The van der Waals surface area contributed by atoms with Crippen molar-refractivity contribution >= 4 is 29.7 Å². The van der Waals surface area contributed by atoms with Crippen LogP contribution in [0.3, 0.4) is 0 Å². The first-order chi connectivity index (χ1) is 9.74. The highest BCUT2D eigenvalue weighted by Gasteiger charge is 2.27. The van der Waals surface area contributed by atoms with Crippen molar-refractivity contribution < 1.29 is 19.6 Å². The van der Waals surface area contributed by atoms with Crippen LogP contribution in [0.4, 0.5) is 4.79 Å². The lowest BCUT2D eigenvalue weighted by Crippen LogP contribution is -2.40. The molecule has 0 spiro atoms. The van der Waals surface area contributed by atoms with Gasteiger partial charge in [-0.15, -0.1) is 0 Å². The summed E-state index contributed by atoms with van der Waals surface area (Å²) in [7, 11) is -1.85. The molecule has 0 fully saturated rings. The van der Waals surface area contributed by atoms with Crippen LogP contribution in [0.15, 0.2) is 24.3 Å². The van der Waals surface area contributed by atoms with Crippen LogP contribution in [0.2, 0.25) is 0 Å². The van der Waals surface area contributed by atoms with E-state index in [9.17, 15) is 14.8 Å². The fraction of sp³-hybridized carbons (Fsp3) is 0.286. The van der Waals surface area contributed by atoms with E-state index in [4.69, 9.17) is 10.00 Å². The highest BCUT2D eigenvalue weighted by Crippen LogP contribution is 2.20. The number of fused-ring (bicyclic) bond motifs is 1. The van der Waals surface area contributed by atoms with Gasteiger partial charge in [-0.05, 0) is 39.0 Å². The zero-order chi connectivity index (χ0) is 15.8. The Morgan fingerprint density at radius 3 is 2.57 bits per heavy atom. The van der Waals surface area contributed by atoms with Gasteiger partial charge >= 0.3 is 13.2 Å². The SMILES string of the molecule is CC(C)(C)OC(=O)n1c(B(O)O)cc2c(C#N)cccc21. The maximum atomic E-state index is 12.3. The fourth-order valence-corrected chi connectivity index (χ4v) is 2.05. The van der Waals surface area contributed by atoms with Gasteiger partial charge in [-0.3, -0.25) is 4.57 Å². The van der Waals surface area contributed by atoms with Crippen LogP contribution in [0.1, 0.15) is 26.3 Å². The number of carbonyl (C=O) groups excluding carboxylic acids is 1. The van der Waals surface area contributed by atoms with Gasteiger partial charge in [0.15, 0.2) is 0 Å². The van der Waals surface area contributed by atoms with Crippen LogP contribution in [0, 0.1) is 11.3 Å². The topological polar surface area (TPSA) is 95.5 Å². The number of rotatable bonds is 1. The Hall–Kier alpha value is -2.30. The van der Waals surface area contributed by atoms with Gasteiger partial charge in [0.2, 0.25) is 0 Å². The summed E-state index contributed by atoms with van der Waals surface area (Å²) < 4.78 is 6.35. The minimum Gasteiger partial charge on any atom is -0.443 e. The van der Waals surface area contributed by atoms with Crippen molar-refractivity contribution in [2.24, 2.45) is 0 Å². The van der Waals surface area contributed by atoms with Gasteiger partial charge < -0.3 is 14.8 Å². The van der Waals surface area contributed by atoms with Gasteiger partial charge in [0.1, 0.15) is 5.60 Å². The van der Waals surface area contributed by atoms with E-state index in [0.717, 1.165) is 4.57 Å². The van der Waals surface area contributed by atoms with Crippen molar-refractivity contribution in [1.29, 1.82) is 5.26 Å². The Bertz CT molecular complexity index is 738. The number of carbonyl (C=O) groups is 1. The quantitative estimate of drug-likeness (QED) is 0.762. The molecule has 7 heteroatoms. The summed E-state index contributed by atoms with van der Waals surface area (Å²) in [5.41, 5.74) is -0.0249. The van der Waals surface area contributed by atoms with E-state index in [0.29, 0.717) is 16.5 Å². The molecule has 0 radical (unpaired) electrons. The van der Waals surface area contributed by atoms with Crippen molar-refractivity contribution in [3.8, 4) is 6.07 Å². The first-order valence-electron chi connectivity index (χ1n) is 6.38. The summed E-state index contributed by atoms with van der Waals surface area (Å²) >= 11 is 0. The predicted molar refractivity (Wildman–Crippen MR) is 78.1 cm³/mol. The van der Waals surface area contributed by atoms with Crippen LogP contribution >= 0.6 is 0 Å². The van der Waals surface area contributed by atoms with Gasteiger partial charge in [0.05, 0.1) is 22.7 Å². The summed E-state index contributed by atoms with van der Waals surface area (Å²) in [6, 6.07) is 8.24. The third-order valence-corrected chi connectivity index (χ3v) is 2.84. The average molecular weight is 286 g/mol. The minimum atomic E-state index is -1.85. The maximum absolute atomic E-state index is 12.3. The summed E-state index contributed by atoms with van der Waals surface area (Å²) in [6.45, 7) is 5.14. The molecule has 2 rings (SSSR count). The van der Waals surface area contributed by atoms with Gasteiger partial charge in [0.25, 0.3) is 0 Å². The van der Waals surface area contributed by atoms with Crippen LogP contribution in [-0.2, 0) is 4.74 Å². The number of aromatic nitrogens is 1. The molecule has 0 saturated heterocycles. The Kier molecular flexibility index (Phi) is 3.77. The largest absolute Gasteiger partial charge is 0.506 e. The molecule has 1 heterocycles. The Morgan fingerprint density at radius 1 is 1.38 bits per heavy atom. The van der Waals surface area contributed by atoms with Crippen molar-refractivity contribution in [3.05, 3.63) is 29.8 Å². The highest BCUT2D eigenvalue weighted by molar-refractivity contribution is 6.59. The Balaban J connectivity index is 2.69. The van der Waals surface area contributed by atoms with Crippen LogP contribution in [-0.4, -0.2) is 33.4 Å². The number of hydrogen-bond donors (Lipinski definition) is 2. The molecule has 108 valence electrons. The van der Waals surface area contributed by atoms with Crippen molar-refractivity contribution in [3.63, 3.8) is 0 Å². The number of nitriles is 1. The van der Waals surface area contributed by atoms with Crippen molar-refractivity contribution in [1.82, 2.24) is 4.57 Å². The molecule has 21 heavy (non-hydrogen) atoms. The standard InChI is InChI=1S/C14H15BN2O4/c1-14(2,3)21-13(18)17-11-6-4-5-9(8-16)10(11)7-12(17)15(19)20/h4-7,19-20H,1-3H3. The average Bonchev–Trinajstić information content (AvgIpc) is 2.75. The Morgan fingerprint density at radius 2 is 2.05 bits per heavy atom. The van der Waals surface area contributed by atoms with E-state index >= 15 is 0 Å². The molecule has 1 aromatic carbocycles. The predicted octanol–water partition coefficient (Wildman–Crippen LogP) is 0.976. The Labute approximate surface area is 122 Å². The van der Waals surface area contributed by atoms with Crippen LogP contribution in [0.25, 0.3) is 10.9 Å². The van der Waals surface area contributed by atoms with Gasteiger partial charge in [-0.25, -0.2) is 4.79 Å². The first kappa shape index (κ1) is 15.1. The molecule has 0 aliphatic carbocycles. The summed E-state index contributed by atoms with van der Waals surface area (Å²) in [5.74, 6) is 0. The second-order valence-electron chi connectivity index (χ2n) is 5.61. The van der Waals surface area contributed by atoms with Gasteiger partial charge in [-0.1, -0.05) is 6.07 Å². The number of nitrogens with zero attached hydrogens (tertiary/aromatic N) is 2. The molecular weight excluding hydrogens is 271 g/mol. The van der Waals surface area contributed by atoms with Gasteiger partial charge in [-0.2, -0.15) is 5.26 Å². The van der Waals surface area contributed by atoms with Gasteiger partial charge in [0, 0.05) is 5.39 Å². The second-order valence-corrected chi connectivity index (χ2v) is 5.61. The number of hydrogen-bond acceptors (Lipinski definition) is 5. The van der Waals surface area contributed by atoms with E-state index < -0.39 is 18.8 Å². The maximum Gasteiger partial charge on any atom is 0.506 e. The lowest BCUT2D eigenvalue weighted by molar-refractivity contribution is 0.0547. The molecule has 0 aliphatic rings. The molecule has 1 aromatic heterocycles. The van der Waals surface area contributed by atoms with E-state index in [-0.39, 0.29) is 5.59 Å². The second kappa shape index (κ2) is 5.24. The molecule has 0 amide bonds. The highest BCUT2D eigenvalue weighted by atomic mass is 16.6. The fourth-order valence-electron chi connectivity index (χ4n) is 2.05. The summed E-state index contributed by atoms with van der Waals surface area (Å²) in [6.07, 6.45) is -0.726. The molecule has 0 unspecified atom stereocenters. The smallest absolute Gasteiger partial charge is 0.443 e. The van der Waals surface area contributed by atoms with Crippen molar-refractivity contribution in [2.45, 2.75) is 26.4 Å². The molecule has 0 bridgehead atoms. The molecule has 2 N–H and O–H groups in total. The van der Waals surface area contributed by atoms with E-state index in [2.05, 4.69) is 0 Å².